The Bertz CT molecular complexity index is 591. The molecule has 19 heavy (non-hydrogen) atoms. The largest absolute Gasteiger partial charge is 0.478 e. The van der Waals surface area contributed by atoms with Gasteiger partial charge in [-0.3, -0.25) is 0 Å². The van der Waals surface area contributed by atoms with E-state index in [2.05, 4.69) is 0 Å². The van der Waals surface area contributed by atoms with E-state index in [-0.39, 0.29) is 27.7 Å². The van der Waals surface area contributed by atoms with Crippen LogP contribution in [0.25, 0.3) is 0 Å². The predicted octanol–water partition coefficient (Wildman–Crippen LogP) is 2.65. The van der Waals surface area contributed by atoms with Gasteiger partial charge in [-0.1, -0.05) is 13.8 Å². The number of hydrogen-bond donors (Lipinski definition) is 1. The van der Waals surface area contributed by atoms with Crippen LogP contribution >= 0.6 is 0 Å². The number of rotatable bonds is 5. The molecular weight excluding hydrogens is 271 g/mol. The zero-order chi connectivity index (χ0) is 14.8. The number of carbonyl (C=O) groups is 1. The molecule has 0 heterocycles. The first kappa shape index (κ1) is 15.6. The first-order valence-corrected chi connectivity index (χ1v) is 7.56. The molecule has 1 rings (SSSR count). The third kappa shape index (κ3) is 3.76. The average molecular weight is 288 g/mol. The zero-order valence-electron chi connectivity index (χ0n) is 11.1. The minimum Gasteiger partial charge on any atom is -0.478 e. The fourth-order valence-corrected chi connectivity index (χ4v) is 3.47. The lowest BCUT2D eigenvalue weighted by molar-refractivity contribution is 0.0696. The first-order chi connectivity index (χ1) is 8.65. The highest BCUT2D eigenvalue weighted by molar-refractivity contribution is 7.91. The van der Waals surface area contributed by atoms with Gasteiger partial charge in [0.05, 0.1) is 16.2 Å². The Hall–Kier alpha value is -1.43. The Balaban J connectivity index is 3.29. The molecule has 0 aromatic heterocycles. The molecule has 0 aliphatic heterocycles. The van der Waals surface area contributed by atoms with Crippen molar-refractivity contribution < 1.29 is 22.7 Å². The third-order valence-electron chi connectivity index (χ3n) is 2.84. The van der Waals surface area contributed by atoms with E-state index >= 15 is 0 Å². The lowest BCUT2D eigenvalue weighted by Gasteiger charge is -2.11. The second-order valence-electron chi connectivity index (χ2n) is 4.89. The molecule has 0 radical (unpaired) electrons. The molecule has 1 N–H and O–H groups in total. The molecule has 4 nitrogen and oxygen atoms in total. The maximum atomic E-state index is 13.6. The van der Waals surface area contributed by atoms with Crippen LogP contribution in [0, 0.1) is 18.7 Å². The van der Waals surface area contributed by atoms with Crippen LogP contribution in [0.5, 0.6) is 0 Å². The van der Waals surface area contributed by atoms with Gasteiger partial charge in [-0.05, 0) is 31.4 Å². The van der Waals surface area contributed by atoms with Crippen molar-refractivity contribution in [2.24, 2.45) is 5.92 Å². The molecule has 0 saturated carbocycles. The third-order valence-corrected chi connectivity index (χ3v) is 4.71. The molecule has 0 spiro atoms. The molecule has 0 atom stereocenters. The van der Waals surface area contributed by atoms with Gasteiger partial charge in [0.2, 0.25) is 0 Å². The van der Waals surface area contributed by atoms with Crippen LogP contribution in [-0.4, -0.2) is 25.2 Å². The van der Waals surface area contributed by atoms with E-state index in [0.29, 0.717) is 6.42 Å². The fourth-order valence-electron chi connectivity index (χ4n) is 1.60. The summed E-state index contributed by atoms with van der Waals surface area (Å²) in [7, 11) is -3.67. The number of carboxylic acid groups (broad SMARTS) is 1. The lowest BCUT2D eigenvalue weighted by Crippen LogP contribution is -2.13. The molecule has 0 fully saturated rings. The van der Waals surface area contributed by atoms with Gasteiger partial charge in [0.1, 0.15) is 5.82 Å². The van der Waals surface area contributed by atoms with Crippen LogP contribution in [0.2, 0.25) is 0 Å². The number of carboxylic acids is 1. The van der Waals surface area contributed by atoms with Gasteiger partial charge in [0.15, 0.2) is 9.84 Å². The highest BCUT2D eigenvalue weighted by atomic mass is 32.2. The summed E-state index contributed by atoms with van der Waals surface area (Å²) < 4.78 is 37.9. The molecule has 0 bridgehead atoms. The number of halogens is 1. The van der Waals surface area contributed by atoms with E-state index in [4.69, 9.17) is 5.11 Å². The van der Waals surface area contributed by atoms with Crippen LogP contribution in [0.1, 0.15) is 36.2 Å². The topological polar surface area (TPSA) is 71.4 Å². The van der Waals surface area contributed by atoms with E-state index in [0.717, 1.165) is 12.1 Å². The monoisotopic (exact) mass is 288 g/mol. The normalized spacial score (nSPS) is 11.8. The first-order valence-electron chi connectivity index (χ1n) is 5.91. The van der Waals surface area contributed by atoms with Gasteiger partial charge in [-0.25, -0.2) is 17.6 Å². The molecule has 0 aliphatic carbocycles. The molecule has 1 aromatic carbocycles. The highest BCUT2D eigenvalue weighted by Gasteiger charge is 2.22. The van der Waals surface area contributed by atoms with Crippen molar-refractivity contribution in [3.63, 3.8) is 0 Å². The Kier molecular flexibility index (Phi) is 4.68. The summed E-state index contributed by atoms with van der Waals surface area (Å²) in [6, 6.07) is 1.86. The summed E-state index contributed by atoms with van der Waals surface area (Å²) in [5.41, 5.74) is -0.389. The van der Waals surface area contributed by atoms with Gasteiger partial charge in [0, 0.05) is 5.56 Å². The van der Waals surface area contributed by atoms with E-state index in [1.165, 1.54) is 6.92 Å². The highest BCUT2D eigenvalue weighted by Crippen LogP contribution is 2.23. The Morgan fingerprint density at radius 2 is 1.95 bits per heavy atom. The van der Waals surface area contributed by atoms with Gasteiger partial charge in [-0.2, -0.15) is 0 Å². The average Bonchev–Trinajstić information content (AvgIpc) is 2.29. The SMILES string of the molecule is Cc1c(F)cc(C(=O)O)cc1S(=O)(=O)CCC(C)C. The summed E-state index contributed by atoms with van der Waals surface area (Å²) in [6.07, 6.45) is 0.445. The van der Waals surface area contributed by atoms with Gasteiger partial charge in [0.25, 0.3) is 0 Å². The van der Waals surface area contributed by atoms with Gasteiger partial charge >= 0.3 is 5.97 Å². The van der Waals surface area contributed by atoms with Crippen LogP contribution < -0.4 is 0 Å². The molecular formula is C13H17FO4S. The Labute approximate surface area is 112 Å². The van der Waals surface area contributed by atoms with Crippen molar-refractivity contribution in [2.75, 3.05) is 5.75 Å². The zero-order valence-corrected chi connectivity index (χ0v) is 11.9. The van der Waals surface area contributed by atoms with Crippen LogP contribution in [0.3, 0.4) is 0 Å². The summed E-state index contributed by atoms with van der Waals surface area (Å²) >= 11 is 0. The van der Waals surface area contributed by atoms with E-state index < -0.39 is 21.6 Å². The van der Waals surface area contributed by atoms with Crippen LogP contribution in [0.15, 0.2) is 17.0 Å². The molecule has 0 aliphatic rings. The summed E-state index contributed by atoms with van der Waals surface area (Å²) in [5, 5.41) is 8.85. The van der Waals surface area contributed by atoms with Gasteiger partial charge < -0.3 is 5.11 Å². The Morgan fingerprint density at radius 1 is 1.37 bits per heavy atom. The lowest BCUT2D eigenvalue weighted by atomic mass is 10.1. The van der Waals surface area contributed by atoms with Crippen LogP contribution in [-0.2, 0) is 9.84 Å². The fraction of sp³-hybridized carbons (Fsp3) is 0.462. The number of aromatic carboxylic acids is 1. The number of benzene rings is 1. The van der Waals surface area contributed by atoms with Crippen molar-refractivity contribution in [1.82, 2.24) is 0 Å². The van der Waals surface area contributed by atoms with Crippen molar-refractivity contribution >= 4 is 15.8 Å². The molecule has 0 unspecified atom stereocenters. The standard InChI is InChI=1S/C13H17FO4S/c1-8(2)4-5-19(17,18)12-7-10(13(15)16)6-11(14)9(12)3/h6-8H,4-5H2,1-3H3,(H,15,16). The predicted molar refractivity (Wildman–Crippen MR) is 69.6 cm³/mol. The van der Waals surface area contributed by atoms with Gasteiger partial charge in [-0.15, -0.1) is 0 Å². The van der Waals surface area contributed by atoms with Crippen LogP contribution in [0.4, 0.5) is 4.39 Å². The molecule has 0 saturated heterocycles. The molecule has 6 heteroatoms. The van der Waals surface area contributed by atoms with E-state index in [1.54, 1.807) is 0 Å². The van der Waals surface area contributed by atoms with Crippen molar-refractivity contribution in [3.8, 4) is 0 Å². The van der Waals surface area contributed by atoms with Crippen molar-refractivity contribution in [3.05, 3.63) is 29.1 Å². The van der Waals surface area contributed by atoms with Crippen molar-refractivity contribution in [2.45, 2.75) is 32.1 Å². The summed E-state index contributed by atoms with van der Waals surface area (Å²) in [6.45, 7) is 5.11. The number of hydrogen-bond acceptors (Lipinski definition) is 3. The minimum absolute atomic E-state index is 0.0336. The quantitative estimate of drug-likeness (QED) is 0.904. The second kappa shape index (κ2) is 5.69. The molecule has 0 amide bonds. The maximum Gasteiger partial charge on any atom is 0.335 e. The summed E-state index contributed by atoms with van der Waals surface area (Å²) in [5.74, 6) is -2.08. The van der Waals surface area contributed by atoms with Crippen molar-refractivity contribution in [1.29, 1.82) is 0 Å². The number of sulfone groups is 1. The Morgan fingerprint density at radius 3 is 2.42 bits per heavy atom. The van der Waals surface area contributed by atoms with E-state index in [9.17, 15) is 17.6 Å². The second-order valence-corrected chi connectivity index (χ2v) is 6.97. The minimum atomic E-state index is -3.67. The molecule has 106 valence electrons. The van der Waals surface area contributed by atoms with E-state index in [1.807, 2.05) is 13.8 Å². The summed E-state index contributed by atoms with van der Waals surface area (Å²) in [4.78, 5) is 10.6. The molecule has 1 aromatic rings. The maximum absolute atomic E-state index is 13.6. The smallest absolute Gasteiger partial charge is 0.335 e.